The van der Waals surface area contributed by atoms with Crippen LogP contribution in [0.15, 0.2) is 12.1 Å². The van der Waals surface area contributed by atoms with Gasteiger partial charge in [0.15, 0.2) is 11.6 Å². The molecule has 0 spiro atoms. The van der Waals surface area contributed by atoms with Gasteiger partial charge < -0.3 is 9.72 Å². The SMILES string of the molecule is CC(C)OC(=O)Nc1nc2cc(F)c(F)cc2[nH]1. The fraction of sp³-hybridized carbons (Fsp3) is 0.273. The van der Waals surface area contributed by atoms with Crippen molar-refractivity contribution in [2.24, 2.45) is 0 Å². The fourth-order valence-electron chi connectivity index (χ4n) is 1.40. The highest BCUT2D eigenvalue weighted by Gasteiger charge is 2.11. The molecule has 96 valence electrons. The normalized spacial score (nSPS) is 10.9. The number of rotatable bonds is 2. The highest BCUT2D eigenvalue weighted by atomic mass is 19.2. The summed E-state index contributed by atoms with van der Waals surface area (Å²) in [6.07, 6.45) is -0.964. The zero-order chi connectivity index (χ0) is 13.3. The number of amides is 1. The number of nitrogens with zero attached hydrogens (tertiary/aromatic N) is 1. The van der Waals surface area contributed by atoms with Crippen LogP contribution in [0, 0.1) is 11.6 Å². The van der Waals surface area contributed by atoms with E-state index in [1.54, 1.807) is 13.8 Å². The minimum atomic E-state index is -0.995. The second-order valence-electron chi connectivity index (χ2n) is 3.95. The molecule has 18 heavy (non-hydrogen) atoms. The molecule has 0 unspecified atom stereocenters. The first-order valence-corrected chi connectivity index (χ1v) is 5.28. The first-order chi connectivity index (χ1) is 8.45. The Bertz CT molecular complexity index is 556. The molecule has 0 aliphatic heterocycles. The van der Waals surface area contributed by atoms with Crippen molar-refractivity contribution in [3.05, 3.63) is 23.8 Å². The number of hydrogen-bond acceptors (Lipinski definition) is 3. The number of imidazole rings is 1. The molecule has 0 saturated carbocycles. The van der Waals surface area contributed by atoms with Crippen LogP contribution in [0.4, 0.5) is 19.5 Å². The van der Waals surface area contributed by atoms with E-state index in [4.69, 9.17) is 4.74 Å². The van der Waals surface area contributed by atoms with Crippen LogP contribution in [0.3, 0.4) is 0 Å². The van der Waals surface area contributed by atoms with Gasteiger partial charge in [0.25, 0.3) is 0 Å². The smallest absolute Gasteiger partial charge is 0.414 e. The van der Waals surface area contributed by atoms with Gasteiger partial charge in [-0.2, -0.15) is 0 Å². The van der Waals surface area contributed by atoms with Crippen LogP contribution in [0.25, 0.3) is 11.0 Å². The molecule has 0 aliphatic rings. The summed E-state index contributed by atoms with van der Waals surface area (Å²) in [5.74, 6) is -1.91. The van der Waals surface area contributed by atoms with Gasteiger partial charge in [-0.15, -0.1) is 0 Å². The Labute approximate surface area is 101 Å². The first kappa shape index (κ1) is 12.3. The maximum atomic E-state index is 13.0. The summed E-state index contributed by atoms with van der Waals surface area (Å²) in [5, 5.41) is 2.33. The predicted molar refractivity (Wildman–Crippen MR) is 61.2 cm³/mol. The van der Waals surface area contributed by atoms with E-state index in [9.17, 15) is 13.6 Å². The number of aromatic nitrogens is 2. The third-order valence-corrected chi connectivity index (χ3v) is 2.09. The van der Waals surface area contributed by atoms with Crippen molar-refractivity contribution < 1.29 is 18.3 Å². The van der Waals surface area contributed by atoms with E-state index in [0.717, 1.165) is 12.1 Å². The zero-order valence-electron chi connectivity index (χ0n) is 9.75. The number of aromatic amines is 1. The minimum absolute atomic E-state index is 0.0700. The molecule has 1 heterocycles. The number of anilines is 1. The van der Waals surface area contributed by atoms with Gasteiger partial charge in [0, 0.05) is 12.1 Å². The quantitative estimate of drug-likeness (QED) is 0.867. The second-order valence-corrected chi connectivity index (χ2v) is 3.95. The number of halogens is 2. The largest absolute Gasteiger partial charge is 0.447 e. The monoisotopic (exact) mass is 255 g/mol. The van der Waals surface area contributed by atoms with Crippen molar-refractivity contribution in [3.8, 4) is 0 Å². The predicted octanol–water partition coefficient (Wildman–Crippen LogP) is 2.80. The molecular weight excluding hydrogens is 244 g/mol. The summed E-state index contributed by atoms with van der Waals surface area (Å²) in [4.78, 5) is 17.8. The molecule has 0 aliphatic carbocycles. The van der Waals surface area contributed by atoms with Gasteiger partial charge in [0.05, 0.1) is 17.1 Å². The molecule has 0 saturated heterocycles. The van der Waals surface area contributed by atoms with E-state index >= 15 is 0 Å². The van der Waals surface area contributed by atoms with Gasteiger partial charge in [-0.05, 0) is 13.8 Å². The van der Waals surface area contributed by atoms with Crippen LogP contribution < -0.4 is 5.32 Å². The Morgan fingerprint density at radius 3 is 2.72 bits per heavy atom. The number of hydrogen-bond donors (Lipinski definition) is 2. The maximum absolute atomic E-state index is 13.0. The maximum Gasteiger partial charge on any atom is 0.414 e. The van der Waals surface area contributed by atoms with Gasteiger partial charge in [0.1, 0.15) is 0 Å². The summed E-state index contributed by atoms with van der Waals surface area (Å²) in [6.45, 7) is 3.39. The number of fused-ring (bicyclic) bond motifs is 1. The summed E-state index contributed by atoms with van der Waals surface area (Å²) < 4.78 is 30.7. The highest BCUT2D eigenvalue weighted by Crippen LogP contribution is 2.18. The Balaban J connectivity index is 2.22. The van der Waals surface area contributed by atoms with Crippen LogP contribution in [0.5, 0.6) is 0 Å². The Morgan fingerprint density at radius 2 is 2.06 bits per heavy atom. The lowest BCUT2D eigenvalue weighted by Gasteiger charge is -2.06. The fourth-order valence-corrected chi connectivity index (χ4v) is 1.40. The third-order valence-electron chi connectivity index (χ3n) is 2.09. The van der Waals surface area contributed by atoms with Crippen molar-refractivity contribution in [1.82, 2.24) is 9.97 Å². The van der Waals surface area contributed by atoms with Gasteiger partial charge in [-0.25, -0.2) is 18.6 Å². The van der Waals surface area contributed by atoms with Crippen molar-refractivity contribution in [1.29, 1.82) is 0 Å². The molecular formula is C11H11F2N3O2. The summed E-state index contributed by atoms with van der Waals surface area (Å²) in [7, 11) is 0. The molecule has 1 aromatic heterocycles. The standard InChI is InChI=1S/C11H11F2N3O2/c1-5(2)18-11(17)16-10-14-8-3-6(12)7(13)4-9(8)15-10/h3-5H,1-2H3,(H2,14,15,16,17). The number of benzene rings is 1. The van der Waals surface area contributed by atoms with Crippen LogP contribution in [0.1, 0.15) is 13.8 Å². The third kappa shape index (κ3) is 2.55. The van der Waals surface area contributed by atoms with Gasteiger partial charge in [-0.3, -0.25) is 5.32 Å². The van der Waals surface area contributed by atoms with Crippen molar-refractivity contribution >= 4 is 23.1 Å². The average Bonchev–Trinajstić information content (AvgIpc) is 2.58. The summed E-state index contributed by atoms with van der Waals surface area (Å²) >= 11 is 0. The van der Waals surface area contributed by atoms with E-state index in [-0.39, 0.29) is 23.1 Å². The molecule has 0 radical (unpaired) electrons. The van der Waals surface area contributed by atoms with Crippen molar-refractivity contribution in [2.45, 2.75) is 20.0 Å². The molecule has 1 aromatic carbocycles. The molecule has 2 rings (SSSR count). The van der Waals surface area contributed by atoms with Crippen LogP contribution >= 0.6 is 0 Å². The Kier molecular flexibility index (Phi) is 3.14. The van der Waals surface area contributed by atoms with E-state index in [0.29, 0.717) is 0 Å². The molecule has 7 heteroatoms. The van der Waals surface area contributed by atoms with E-state index in [1.807, 2.05) is 0 Å². The highest BCUT2D eigenvalue weighted by molar-refractivity contribution is 5.86. The van der Waals surface area contributed by atoms with E-state index < -0.39 is 17.7 Å². The molecule has 0 atom stereocenters. The topological polar surface area (TPSA) is 67.0 Å². The van der Waals surface area contributed by atoms with Gasteiger partial charge in [-0.1, -0.05) is 0 Å². The van der Waals surface area contributed by atoms with Crippen LogP contribution in [0.2, 0.25) is 0 Å². The lowest BCUT2D eigenvalue weighted by Crippen LogP contribution is -2.18. The molecule has 2 N–H and O–H groups in total. The number of carbonyl (C=O) groups excluding carboxylic acids is 1. The number of nitrogens with one attached hydrogen (secondary N) is 2. The average molecular weight is 255 g/mol. The first-order valence-electron chi connectivity index (χ1n) is 5.28. The van der Waals surface area contributed by atoms with E-state index in [1.165, 1.54) is 0 Å². The molecule has 5 nitrogen and oxygen atoms in total. The number of carbonyl (C=O) groups is 1. The van der Waals surface area contributed by atoms with Crippen LogP contribution in [-0.4, -0.2) is 22.2 Å². The minimum Gasteiger partial charge on any atom is -0.447 e. The number of H-pyrrole nitrogens is 1. The molecule has 0 bridgehead atoms. The molecule has 0 fully saturated rings. The Morgan fingerprint density at radius 1 is 1.39 bits per heavy atom. The number of ether oxygens (including phenoxy) is 1. The van der Waals surface area contributed by atoms with Gasteiger partial charge >= 0.3 is 6.09 Å². The summed E-state index contributed by atoms with van der Waals surface area (Å²) in [5.41, 5.74) is 0.502. The zero-order valence-corrected chi connectivity index (χ0v) is 9.75. The van der Waals surface area contributed by atoms with Crippen molar-refractivity contribution in [2.75, 3.05) is 5.32 Å². The van der Waals surface area contributed by atoms with Crippen LogP contribution in [-0.2, 0) is 4.74 Å². The second kappa shape index (κ2) is 4.59. The Hall–Kier alpha value is -2.18. The van der Waals surface area contributed by atoms with E-state index in [2.05, 4.69) is 15.3 Å². The summed E-state index contributed by atoms with van der Waals surface area (Å²) in [6, 6.07) is 1.91. The lowest BCUT2D eigenvalue weighted by atomic mass is 10.3. The molecule has 1 amide bonds. The molecule has 2 aromatic rings. The van der Waals surface area contributed by atoms with Crippen molar-refractivity contribution in [3.63, 3.8) is 0 Å². The lowest BCUT2D eigenvalue weighted by molar-refractivity contribution is 0.130. The van der Waals surface area contributed by atoms with Gasteiger partial charge in [0.2, 0.25) is 5.95 Å².